The van der Waals surface area contributed by atoms with Gasteiger partial charge in [0.1, 0.15) is 0 Å². The van der Waals surface area contributed by atoms with Crippen molar-refractivity contribution in [1.29, 1.82) is 0 Å². The molecule has 0 saturated carbocycles. The molecule has 2 heteroatoms. The minimum Gasteiger partial charge on any atom is -0.386 e. The fourth-order valence-electron chi connectivity index (χ4n) is 5.78. The maximum atomic E-state index is 10.7. The number of aryl methyl sites for hydroxylation is 4. The quantitative estimate of drug-likeness (QED) is 0.286. The van der Waals surface area contributed by atoms with Crippen LogP contribution in [0.4, 0.5) is 0 Å². The van der Waals surface area contributed by atoms with Gasteiger partial charge in [-0.3, -0.25) is 4.98 Å². The van der Waals surface area contributed by atoms with Crippen LogP contribution < -0.4 is 0 Å². The van der Waals surface area contributed by atoms with Crippen LogP contribution in [0.2, 0.25) is 0 Å². The average Bonchev–Trinajstić information content (AvgIpc) is 2.90. The lowest BCUT2D eigenvalue weighted by Crippen LogP contribution is -2.26. The fourth-order valence-corrected chi connectivity index (χ4v) is 5.78. The first-order valence-electron chi connectivity index (χ1n) is 14.3. The Kier molecular flexibility index (Phi) is 9.53. The summed E-state index contributed by atoms with van der Waals surface area (Å²) in [5.41, 5.74) is 10.6. The van der Waals surface area contributed by atoms with Gasteiger partial charge in [-0.1, -0.05) is 89.6 Å². The van der Waals surface area contributed by atoms with Crippen molar-refractivity contribution in [3.63, 3.8) is 0 Å². The third-order valence-electron chi connectivity index (χ3n) is 8.53. The molecule has 0 spiro atoms. The highest BCUT2D eigenvalue weighted by Crippen LogP contribution is 2.42. The molecule has 0 fully saturated rings. The van der Waals surface area contributed by atoms with Crippen molar-refractivity contribution >= 4 is 6.08 Å². The largest absolute Gasteiger partial charge is 0.386 e. The summed E-state index contributed by atoms with van der Waals surface area (Å²) in [6, 6.07) is 16.1. The molecule has 3 aromatic rings. The molecular weight excluding hydrogens is 450 g/mol. The van der Waals surface area contributed by atoms with Crippen LogP contribution in [0.3, 0.4) is 0 Å². The van der Waals surface area contributed by atoms with Crippen molar-refractivity contribution in [2.75, 3.05) is 0 Å². The van der Waals surface area contributed by atoms with Gasteiger partial charge >= 0.3 is 0 Å². The van der Waals surface area contributed by atoms with Gasteiger partial charge in [0, 0.05) is 17.2 Å². The van der Waals surface area contributed by atoms with E-state index in [2.05, 4.69) is 90.1 Å². The fraction of sp³-hybridized carbons (Fsp3) is 0.457. The van der Waals surface area contributed by atoms with Crippen LogP contribution in [-0.2, 0) is 11.8 Å². The lowest BCUT2D eigenvalue weighted by Gasteiger charge is -2.35. The monoisotopic (exact) mass is 497 g/mol. The van der Waals surface area contributed by atoms with Gasteiger partial charge in [-0.25, -0.2) is 0 Å². The van der Waals surface area contributed by atoms with E-state index in [1.807, 2.05) is 26.1 Å². The maximum absolute atomic E-state index is 10.7. The molecule has 1 N–H and O–H groups in total. The van der Waals surface area contributed by atoms with Gasteiger partial charge in [-0.05, 0) is 97.9 Å². The molecule has 198 valence electrons. The second-order valence-corrected chi connectivity index (χ2v) is 10.8. The molecule has 0 atom stereocenters. The maximum Gasteiger partial charge on any atom is 0.0825 e. The third kappa shape index (κ3) is 6.07. The molecule has 3 rings (SSSR count). The molecule has 0 unspecified atom stereocenters. The molecular formula is C35H47NO. The molecule has 37 heavy (non-hydrogen) atoms. The van der Waals surface area contributed by atoms with Crippen LogP contribution in [0.15, 0.2) is 54.7 Å². The highest BCUT2D eigenvalue weighted by molar-refractivity contribution is 5.69. The summed E-state index contributed by atoms with van der Waals surface area (Å²) < 4.78 is 0. The van der Waals surface area contributed by atoms with Crippen molar-refractivity contribution < 1.29 is 5.11 Å². The Morgan fingerprint density at radius 3 is 1.86 bits per heavy atom. The summed E-state index contributed by atoms with van der Waals surface area (Å²) >= 11 is 0. The number of aliphatic hydroxyl groups is 1. The first-order valence-corrected chi connectivity index (χ1v) is 14.3. The number of rotatable bonds is 11. The van der Waals surface area contributed by atoms with Gasteiger partial charge in [-0.15, -0.1) is 0 Å². The number of aromatic nitrogens is 1. The number of benzene rings is 2. The first kappa shape index (κ1) is 28.9. The van der Waals surface area contributed by atoms with Gasteiger partial charge in [0.25, 0.3) is 0 Å². The normalized spacial score (nSPS) is 12.5. The van der Waals surface area contributed by atoms with E-state index in [-0.39, 0.29) is 5.41 Å². The summed E-state index contributed by atoms with van der Waals surface area (Å²) in [5.74, 6) is 0. The van der Waals surface area contributed by atoms with Crippen LogP contribution >= 0.6 is 0 Å². The molecule has 0 radical (unpaired) electrons. The van der Waals surface area contributed by atoms with Crippen LogP contribution in [0.1, 0.15) is 106 Å². The minimum atomic E-state index is -0.732. The Bertz CT molecular complexity index is 1190. The van der Waals surface area contributed by atoms with Crippen LogP contribution in [0.25, 0.3) is 17.3 Å². The smallest absolute Gasteiger partial charge is 0.0825 e. The molecule has 0 amide bonds. The average molecular weight is 498 g/mol. The van der Waals surface area contributed by atoms with E-state index >= 15 is 0 Å². The third-order valence-corrected chi connectivity index (χ3v) is 8.53. The Balaban J connectivity index is 2.03. The Labute approximate surface area is 225 Å². The van der Waals surface area contributed by atoms with Gasteiger partial charge in [0.15, 0.2) is 0 Å². The second kappa shape index (κ2) is 12.2. The molecule has 2 aromatic carbocycles. The van der Waals surface area contributed by atoms with Gasteiger partial charge in [0.2, 0.25) is 0 Å². The zero-order chi connectivity index (χ0) is 27.2. The molecule has 0 aliphatic heterocycles. The van der Waals surface area contributed by atoms with E-state index in [9.17, 15) is 5.11 Å². The zero-order valence-electron chi connectivity index (χ0n) is 24.4. The van der Waals surface area contributed by atoms with E-state index in [1.165, 1.54) is 44.5 Å². The minimum absolute atomic E-state index is 0.0486. The number of nitrogens with zero attached hydrogens (tertiary/aromatic N) is 1. The van der Waals surface area contributed by atoms with Gasteiger partial charge < -0.3 is 5.11 Å². The highest BCUT2D eigenvalue weighted by atomic mass is 16.3. The van der Waals surface area contributed by atoms with E-state index < -0.39 is 5.60 Å². The summed E-state index contributed by atoms with van der Waals surface area (Å²) in [5, 5.41) is 10.7. The van der Waals surface area contributed by atoms with E-state index in [1.54, 1.807) is 0 Å². The Hall–Kier alpha value is -2.71. The van der Waals surface area contributed by atoms with E-state index in [0.29, 0.717) is 0 Å². The Morgan fingerprint density at radius 1 is 0.757 bits per heavy atom. The number of pyridine rings is 1. The molecule has 0 aliphatic rings. The predicted octanol–water partition coefficient (Wildman–Crippen LogP) is 9.30. The number of hydrogen-bond acceptors (Lipinski definition) is 2. The Morgan fingerprint density at radius 2 is 1.38 bits per heavy atom. The number of hydrogen-bond donors (Lipinski definition) is 1. The summed E-state index contributed by atoms with van der Waals surface area (Å²) in [4.78, 5) is 4.82. The topological polar surface area (TPSA) is 33.1 Å². The van der Waals surface area contributed by atoms with E-state index in [4.69, 9.17) is 4.98 Å². The van der Waals surface area contributed by atoms with Crippen molar-refractivity contribution in [3.05, 3.63) is 93.7 Å². The van der Waals surface area contributed by atoms with Gasteiger partial charge in [0.05, 0.1) is 11.3 Å². The van der Waals surface area contributed by atoms with Crippen molar-refractivity contribution in [2.24, 2.45) is 0 Å². The molecule has 0 bridgehead atoms. The first-order chi connectivity index (χ1) is 17.7. The predicted molar refractivity (Wildman–Crippen MR) is 160 cm³/mol. The summed E-state index contributed by atoms with van der Waals surface area (Å²) in [6.07, 6.45) is 11.8. The zero-order valence-corrected chi connectivity index (χ0v) is 24.4. The van der Waals surface area contributed by atoms with Crippen LogP contribution in [-0.4, -0.2) is 15.7 Å². The molecule has 0 aliphatic carbocycles. The van der Waals surface area contributed by atoms with Crippen molar-refractivity contribution in [1.82, 2.24) is 4.98 Å². The molecule has 2 nitrogen and oxygen atoms in total. The standard InChI is InChI=1S/C35H47NO/c1-9-14-28-15-18-32(36-24-28)33-26(7)22-31(23-27(33)8)35(12-4,13-5)30-17-16-29(25(6)21-30)19-20-34(37,10-2)11-3/h15-24,37H,9-14H2,1-8H3. The molecule has 1 heterocycles. The molecule has 1 aromatic heterocycles. The lowest BCUT2D eigenvalue weighted by molar-refractivity contribution is 0.0836. The lowest BCUT2D eigenvalue weighted by atomic mass is 9.69. The summed E-state index contributed by atoms with van der Waals surface area (Å²) in [7, 11) is 0. The van der Waals surface area contributed by atoms with Crippen LogP contribution in [0, 0.1) is 20.8 Å². The van der Waals surface area contributed by atoms with Crippen molar-refractivity contribution in [3.8, 4) is 11.3 Å². The SMILES string of the molecule is CCCc1ccc(-c2c(C)cc(C(CC)(CC)c3ccc(C=CC(O)(CC)CC)c(C)c3)cc2C)nc1. The molecule has 0 saturated heterocycles. The second-order valence-electron chi connectivity index (χ2n) is 10.8. The highest BCUT2D eigenvalue weighted by Gasteiger charge is 2.32. The van der Waals surface area contributed by atoms with Crippen LogP contribution in [0.5, 0.6) is 0 Å². The van der Waals surface area contributed by atoms with Crippen molar-refractivity contribution in [2.45, 2.75) is 105 Å². The summed E-state index contributed by atoms with van der Waals surface area (Å²) in [6.45, 7) is 17.5. The van der Waals surface area contributed by atoms with E-state index in [0.717, 1.165) is 44.2 Å². The van der Waals surface area contributed by atoms with Gasteiger partial charge in [-0.2, -0.15) is 0 Å².